The lowest BCUT2D eigenvalue weighted by atomic mass is 10.1. The molecule has 0 atom stereocenters. The third-order valence-corrected chi connectivity index (χ3v) is 6.94. The van der Waals surface area contributed by atoms with Gasteiger partial charge in [-0.2, -0.15) is 18.3 Å². The van der Waals surface area contributed by atoms with Crippen molar-refractivity contribution in [1.29, 1.82) is 0 Å². The van der Waals surface area contributed by atoms with E-state index in [4.69, 9.17) is 4.74 Å². The molecule has 1 N–H and O–H groups in total. The van der Waals surface area contributed by atoms with Crippen molar-refractivity contribution in [2.75, 3.05) is 0 Å². The van der Waals surface area contributed by atoms with E-state index in [2.05, 4.69) is 15.1 Å². The summed E-state index contributed by atoms with van der Waals surface area (Å²) in [5, 5.41) is 6.59. The molecular formula is C22H27F3N4O3S2. The molecule has 1 aliphatic rings. The molecule has 2 aromatic rings. The van der Waals surface area contributed by atoms with Gasteiger partial charge in [0.1, 0.15) is 17.0 Å². The van der Waals surface area contributed by atoms with Gasteiger partial charge in [-0.25, -0.2) is 20.2 Å². The average Bonchev–Trinajstić information content (AvgIpc) is 3.23. The zero-order chi connectivity index (χ0) is 24.9. The molecule has 34 heavy (non-hydrogen) atoms. The van der Waals surface area contributed by atoms with E-state index in [0.717, 1.165) is 27.7 Å². The zero-order valence-corrected chi connectivity index (χ0v) is 20.8. The van der Waals surface area contributed by atoms with Crippen LogP contribution < -0.4 is 5.43 Å². The van der Waals surface area contributed by atoms with E-state index in [1.54, 1.807) is 32.4 Å². The second kappa shape index (κ2) is 10.9. The largest absolute Gasteiger partial charge is 0.443 e. The molecule has 0 aliphatic heterocycles. The molecule has 0 spiro atoms. The lowest BCUT2D eigenvalue weighted by Crippen LogP contribution is -2.32. The molecular weight excluding hydrogens is 489 g/mol. The van der Waals surface area contributed by atoms with Crippen LogP contribution in [-0.4, -0.2) is 39.3 Å². The number of alkyl halides is 3. The summed E-state index contributed by atoms with van der Waals surface area (Å²) < 4.78 is 44.6. The Bertz CT molecular complexity index is 1020. The minimum absolute atomic E-state index is 0.0859. The van der Waals surface area contributed by atoms with Gasteiger partial charge in [0.2, 0.25) is 0 Å². The van der Waals surface area contributed by atoms with Gasteiger partial charge in [-0.1, -0.05) is 6.42 Å². The molecule has 1 fully saturated rings. The van der Waals surface area contributed by atoms with Gasteiger partial charge in [-0.05, 0) is 58.8 Å². The van der Waals surface area contributed by atoms with E-state index < -0.39 is 23.6 Å². The molecule has 2 heterocycles. The highest BCUT2D eigenvalue weighted by atomic mass is 32.1. The fourth-order valence-corrected chi connectivity index (χ4v) is 5.05. The first-order chi connectivity index (χ1) is 15.9. The van der Waals surface area contributed by atoms with Crippen molar-refractivity contribution < 1.29 is 27.5 Å². The number of rotatable bonds is 10. The van der Waals surface area contributed by atoms with Gasteiger partial charge in [0.25, 0.3) is 0 Å². The van der Waals surface area contributed by atoms with Gasteiger partial charge < -0.3 is 4.74 Å². The number of aromatic nitrogens is 2. The van der Waals surface area contributed by atoms with Crippen LogP contribution in [0.15, 0.2) is 16.7 Å². The van der Waals surface area contributed by atoms with Gasteiger partial charge in [0, 0.05) is 22.9 Å². The fourth-order valence-electron chi connectivity index (χ4n) is 3.12. The third kappa shape index (κ3) is 7.86. The van der Waals surface area contributed by atoms with Crippen LogP contribution in [0.1, 0.15) is 87.0 Å². The van der Waals surface area contributed by atoms with Gasteiger partial charge in [0.15, 0.2) is 15.8 Å². The number of thiazole rings is 2. The third-order valence-electron chi connectivity index (χ3n) is 4.81. The Hall–Kier alpha value is -2.34. The van der Waals surface area contributed by atoms with Crippen LogP contribution in [0.4, 0.5) is 18.0 Å². The zero-order valence-electron chi connectivity index (χ0n) is 19.2. The second-order valence-electron chi connectivity index (χ2n) is 9.00. The van der Waals surface area contributed by atoms with Crippen LogP contribution in [0.2, 0.25) is 0 Å². The Labute approximate surface area is 203 Å². The monoisotopic (exact) mass is 516 g/mol. The van der Waals surface area contributed by atoms with Crippen LogP contribution in [0.3, 0.4) is 0 Å². The summed E-state index contributed by atoms with van der Waals surface area (Å²) in [5.41, 5.74) is 0.353. The number of nitrogens with zero attached hydrogens (tertiary/aromatic N) is 3. The quantitative estimate of drug-likeness (QED) is 0.164. The summed E-state index contributed by atoms with van der Waals surface area (Å²) in [6.07, 6.45) is -1.06. The molecule has 3 rings (SSSR count). The average molecular weight is 517 g/mol. The highest BCUT2D eigenvalue weighted by molar-refractivity contribution is 7.20. The highest BCUT2D eigenvalue weighted by Gasteiger charge is 2.36. The van der Waals surface area contributed by atoms with Crippen LogP contribution in [0.5, 0.6) is 0 Å². The van der Waals surface area contributed by atoms with Crippen molar-refractivity contribution in [2.24, 2.45) is 5.10 Å². The molecule has 7 nitrogen and oxygen atoms in total. The van der Waals surface area contributed by atoms with Crippen molar-refractivity contribution >= 4 is 40.3 Å². The van der Waals surface area contributed by atoms with E-state index in [0.29, 0.717) is 24.5 Å². The summed E-state index contributed by atoms with van der Waals surface area (Å²) in [4.78, 5) is 34.2. The Balaban J connectivity index is 1.50. The second-order valence-corrected chi connectivity index (χ2v) is 10.9. The fraction of sp³-hybridized carbons (Fsp3) is 0.591. The van der Waals surface area contributed by atoms with E-state index in [9.17, 15) is 22.8 Å². The standard InChI is InChI=1S/C22H27F3N4O3S2/c1-21(2,3)32-20(31)29-28-15(22(23,24)25)8-6-4-5-7-14(30)16-17(13-9-10-13)34-19(27-16)18-26-11-12-33-18/h11-13H,4-10H2,1-3H3,(H,29,31)/b28-15-. The lowest BCUT2D eigenvalue weighted by Gasteiger charge is -2.19. The molecule has 1 saturated carbocycles. The summed E-state index contributed by atoms with van der Waals surface area (Å²) in [6, 6.07) is 0. The van der Waals surface area contributed by atoms with Crippen LogP contribution in [-0.2, 0) is 4.74 Å². The predicted octanol–water partition coefficient (Wildman–Crippen LogP) is 6.72. The van der Waals surface area contributed by atoms with Crippen molar-refractivity contribution in [1.82, 2.24) is 15.4 Å². The number of unbranched alkanes of at least 4 members (excludes halogenated alkanes) is 2. The van der Waals surface area contributed by atoms with Crippen LogP contribution in [0.25, 0.3) is 10.0 Å². The van der Waals surface area contributed by atoms with Gasteiger partial charge in [0.05, 0.1) is 0 Å². The molecule has 2 aromatic heterocycles. The number of hydrogen-bond acceptors (Lipinski definition) is 8. The number of hydrazone groups is 1. The van der Waals surface area contributed by atoms with E-state index in [1.165, 1.54) is 22.7 Å². The lowest BCUT2D eigenvalue weighted by molar-refractivity contribution is -0.0610. The summed E-state index contributed by atoms with van der Waals surface area (Å²) in [7, 11) is 0. The number of carbonyl (C=O) groups excluding carboxylic acids is 2. The number of ether oxygens (including phenoxy) is 1. The summed E-state index contributed by atoms with van der Waals surface area (Å²) in [5.74, 6) is 0.283. The van der Waals surface area contributed by atoms with E-state index in [1.807, 2.05) is 5.38 Å². The first kappa shape index (κ1) is 26.3. The van der Waals surface area contributed by atoms with Crippen molar-refractivity contribution in [3.63, 3.8) is 0 Å². The highest BCUT2D eigenvalue weighted by Crippen LogP contribution is 2.46. The topological polar surface area (TPSA) is 93.5 Å². The molecule has 0 radical (unpaired) electrons. The first-order valence-corrected chi connectivity index (χ1v) is 12.7. The molecule has 0 saturated heterocycles. The maximum Gasteiger partial charge on any atom is 0.431 e. The molecule has 1 amide bonds. The SMILES string of the molecule is CC(C)(C)OC(=O)N/N=C(/CCCCCC(=O)c1nc(-c2nccs2)sc1C1CC1)C(F)(F)F. The number of ketones is 1. The number of halogens is 3. The Kier molecular flexibility index (Phi) is 8.45. The number of amides is 1. The normalized spacial score (nSPS) is 14.8. The predicted molar refractivity (Wildman–Crippen MR) is 125 cm³/mol. The van der Waals surface area contributed by atoms with Crippen molar-refractivity contribution in [3.8, 4) is 10.0 Å². The Morgan fingerprint density at radius 1 is 1.15 bits per heavy atom. The van der Waals surface area contributed by atoms with Crippen molar-refractivity contribution in [2.45, 2.75) is 83.4 Å². The number of hydrogen-bond donors (Lipinski definition) is 1. The van der Waals surface area contributed by atoms with Gasteiger partial charge in [-0.15, -0.1) is 22.7 Å². The van der Waals surface area contributed by atoms with E-state index >= 15 is 0 Å². The minimum atomic E-state index is -4.67. The molecule has 186 valence electrons. The Morgan fingerprint density at radius 2 is 1.85 bits per heavy atom. The van der Waals surface area contributed by atoms with Crippen molar-refractivity contribution in [3.05, 3.63) is 22.1 Å². The number of carbonyl (C=O) groups is 2. The summed E-state index contributed by atoms with van der Waals surface area (Å²) in [6.45, 7) is 4.80. The molecule has 0 unspecified atom stereocenters. The van der Waals surface area contributed by atoms with Crippen LogP contribution >= 0.6 is 22.7 Å². The van der Waals surface area contributed by atoms with Gasteiger partial charge >= 0.3 is 12.3 Å². The Morgan fingerprint density at radius 3 is 2.44 bits per heavy atom. The molecule has 12 heteroatoms. The number of nitrogens with one attached hydrogen (secondary N) is 1. The van der Waals surface area contributed by atoms with Gasteiger partial charge in [-0.3, -0.25) is 4.79 Å². The van der Waals surface area contributed by atoms with E-state index in [-0.39, 0.29) is 25.0 Å². The van der Waals surface area contributed by atoms with Crippen LogP contribution in [0, 0.1) is 0 Å². The molecule has 0 aromatic carbocycles. The maximum absolute atomic E-state index is 13.2. The maximum atomic E-state index is 13.2. The smallest absolute Gasteiger partial charge is 0.431 e. The number of Topliss-reactive ketones (excluding diaryl/α,β-unsaturated/α-hetero) is 1. The summed E-state index contributed by atoms with van der Waals surface area (Å²) >= 11 is 2.98. The molecule has 1 aliphatic carbocycles. The molecule has 0 bridgehead atoms. The first-order valence-electron chi connectivity index (χ1n) is 11.0. The minimum Gasteiger partial charge on any atom is -0.443 e.